The summed E-state index contributed by atoms with van der Waals surface area (Å²) in [7, 11) is 2.16. The SMILES string of the molecule is Cc1ccc(C(=O)Nc2ccc(CN3CCN(C)CC3)c(C)c2)cc1C#Cc1cnc(Nc2cnn(CC(C)(C)O)c2)nc1. The second-order valence-electron chi connectivity index (χ2n) is 12.1. The first kappa shape index (κ1) is 30.9. The number of nitrogens with zero attached hydrogens (tertiary/aromatic N) is 6. The van der Waals surface area contributed by atoms with Gasteiger partial charge in [0, 0.05) is 68.1 Å². The quantitative estimate of drug-likeness (QED) is 0.261. The Balaban J connectivity index is 1.20. The highest BCUT2D eigenvalue weighted by molar-refractivity contribution is 6.04. The molecule has 1 aliphatic heterocycles. The van der Waals surface area contributed by atoms with Crippen molar-refractivity contribution in [3.63, 3.8) is 0 Å². The van der Waals surface area contributed by atoms with Gasteiger partial charge >= 0.3 is 0 Å². The van der Waals surface area contributed by atoms with Gasteiger partial charge in [-0.15, -0.1) is 0 Å². The van der Waals surface area contributed by atoms with Crippen molar-refractivity contribution in [2.24, 2.45) is 0 Å². The Morgan fingerprint density at radius 3 is 2.41 bits per heavy atom. The van der Waals surface area contributed by atoms with Crippen LogP contribution in [0.3, 0.4) is 0 Å². The predicted molar refractivity (Wildman–Crippen MR) is 173 cm³/mol. The molecule has 3 N–H and O–H groups in total. The van der Waals surface area contributed by atoms with Gasteiger partial charge in [0.05, 0.1) is 29.6 Å². The van der Waals surface area contributed by atoms with E-state index in [0.717, 1.165) is 55.2 Å². The van der Waals surface area contributed by atoms with Crippen molar-refractivity contribution >= 4 is 23.2 Å². The summed E-state index contributed by atoms with van der Waals surface area (Å²) in [6, 6.07) is 11.7. The van der Waals surface area contributed by atoms with Crippen LogP contribution >= 0.6 is 0 Å². The molecule has 0 atom stereocenters. The van der Waals surface area contributed by atoms with Crippen LogP contribution in [0.4, 0.5) is 17.3 Å². The fraction of sp³-hybridized carbons (Fsp3) is 0.353. The smallest absolute Gasteiger partial charge is 0.255 e. The van der Waals surface area contributed by atoms with Crippen molar-refractivity contribution in [1.82, 2.24) is 29.5 Å². The maximum atomic E-state index is 13.1. The van der Waals surface area contributed by atoms with Crippen molar-refractivity contribution in [2.45, 2.75) is 46.4 Å². The molecule has 0 radical (unpaired) electrons. The topological polar surface area (TPSA) is 111 Å². The van der Waals surface area contributed by atoms with Gasteiger partial charge in [0.15, 0.2) is 0 Å². The zero-order valence-electron chi connectivity index (χ0n) is 26.1. The summed E-state index contributed by atoms with van der Waals surface area (Å²) in [5.74, 6) is 6.50. The van der Waals surface area contributed by atoms with Crippen LogP contribution in [0.2, 0.25) is 0 Å². The first-order valence-corrected chi connectivity index (χ1v) is 14.8. The number of nitrogens with one attached hydrogen (secondary N) is 2. The number of benzene rings is 2. The van der Waals surface area contributed by atoms with Crippen molar-refractivity contribution in [3.05, 3.63) is 94.6 Å². The Labute approximate surface area is 259 Å². The third-order valence-electron chi connectivity index (χ3n) is 7.52. The molecule has 228 valence electrons. The number of amides is 1. The van der Waals surface area contributed by atoms with E-state index in [4.69, 9.17) is 0 Å². The van der Waals surface area contributed by atoms with E-state index >= 15 is 0 Å². The first-order valence-electron chi connectivity index (χ1n) is 14.8. The number of rotatable bonds is 8. The van der Waals surface area contributed by atoms with Gasteiger partial charge in [-0.05, 0) is 75.7 Å². The highest BCUT2D eigenvalue weighted by Crippen LogP contribution is 2.20. The molecule has 1 aliphatic rings. The fourth-order valence-electron chi connectivity index (χ4n) is 4.94. The van der Waals surface area contributed by atoms with Crippen LogP contribution < -0.4 is 10.6 Å². The second-order valence-corrected chi connectivity index (χ2v) is 12.1. The molecule has 0 aliphatic carbocycles. The number of aryl methyl sites for hydroxylation is 2. The van der Waals surface area contributed by atoms with Crippen molar-refractivity contribution in [2.75, 3.05) is 43.9 Å². The minimum Gasteiger partial charge on any atom is -0.389 e. The molecule has 0 spiro atoms. The van der Waals surface area contributed by atoms with E-state index in [2.05, 4.69) is 67.4 Å². The summed E-state index contributed by atoms with van der Waals surface area (Å²) in [5.41, 5.74) is 6.01. The van der Waals surface area contributed by atoms with Gasteiger partial charge in [-0.3, -0.25) is 14.4 Å². The normalized spacial score (nSPS) is 14.1. The number of piperazine rings is 1. The molecular formula is C34H40N8O2. The van der Waals surface area contributed by atoms with E-state index < -0.39 is 5.60 Å². The zero-order chi connectivity index (χ0) is 31.3. The van der Waals surface area contributed by atoms with Gasteiger partial charge in [0.1, 0.15) is 0 Å². The molecule has 0 bridgehead atoms. The Kier molecular flexibility index (Phi) is 9.40. The number of carbonyl (C=O) groups excluding carboxylic acids is 1. The monoisotopic (exact) mass is 592 g/mol. The lowest BCUT2D eigenvalue weighted by atomic mass is 10.0. The van der Waals surface area contributed by atoms with E-state index in [9.17, 15) is 9.90 Å². The number of aliphatic hydroxyl groups is 1. The number of hydrogen-bond acceptors (Lipinski definition) is 8. The lowest BCUT2D eigenvalue weighted by Crippen LogP contribution is -2.43. The number of carbonyl (C=O) groups is 1. The highest BCUT2D eigenvalue weighted by Gasteiger charge is 2.16. The minimum atomic E-state index is -0.863. The maximum absolute atomic E-state index is 13.1. The predicted octanol–water partition coefficient (Wildman–Crippen LogP) is 4.20. The first-order chi connectivity index (χ1) is 21.0. The largest absolute Gasteiger partial charge is 0.389 e. The van der Waals surface area contributed by atoms with Crippen LogP contribution in [-0.4, -0.2) is 79.4 Å². The minimum absolute atomic E-state index is 0.177. The molecule has 1 amide bonds. The molecule has 1 saturated heterocycles. The van der Waals surface area contributed by atoms with Crippen LogP contribution in [0.15, 0.2) is 61.2 Å². The molecular weight excluding hydrogens is 552 g/mol. The molecule has 1 fully saturated rings. The number of hydrogen-bond donors (Lipinski definition) is 3. The average Bonchev–Trinajstić information content (AvgIpc) is 3.40. The third-order valence-corrected chi connectivity index (χ3v) is 7.52. The van der Waals surface area contributed by atoms with Crippen LogP contribution in [0.1, 0.15) is 52.0 Å². The standard InChI is InChI=1S/C34H40N8O2/c1-24-6-8-28(32(43)38-30-11-10-29(25(2)16-30)21-41-14-12-40(5)13-15-41)17-27(24)9-7-26-18-35-33(36-19-26)39-31-20-37-42(22-31)23-34(3,4)44/h6,8,10-11,16-20,22,44H,12-15,21,23H2,1-5H3,(H,38,43)(H,35,36,39). The van der Waals surface area contributed by atoms with E-state index in [0.29, 0.717) is 23.6 Å². The van der Waals surface area contributed by atoms with E-state index in [-0.39, 0.29) is 5.91 Å². The van der Waals surface area contributed by atoms with Crippen LogP contribution in [0.25, 0.3) is 0 Å². The summed E-state index contributed by atoms with van der Waals surface area (Å²) >= 11 is 0. The molecule has 2 aromatic heterocycles. The van der Waals surface area contributed by atoms with Crippen LogP contribution in [0.5, 0.6) is 0 Å². The third kappa shape index (κ3) is 8.51. The molecule has 4 aromatic rings. The Morgan fingerprint density at radius 1 is 0.955 bits per heavy atom. The number of aromatic nitrogens is 4. The summed E-state index contributed by atoms with van der Waals surface area (Å²) < 4.78 is 1.66. The molecule has 0 saturated carbocycles. The molecule has 0 unspecified atom stereocenters. The summed E-state index contributed by atoms with van der Waals surface area (Å²) in [6.45, 7) is 13.1. The van der Waals surface area contributed by atoms with Gasteiger partial charge in [0.2, 0.25) is 5.95 Å². The van der Waals surface area contributed by atoms with Gasteiger partial charge in [-0.1, -0.05) is 24.0 Å². The molecule has 2 aromatic carbocycles. The Bertz CT molecular complexity index is 1670. The number of likely N-dealkylation sites (N-methyl/N-ethyl adjacent to an activating group) is 1. The maximum Gasteiger partial charge on any atom is 0.255 e. The number of anilines is 3. The average molecular weight is 593 g/mol. The van der Waals surface area contributed by atoms with Crippen molar-refractivity contribution in [1.29, 1.82) is 0 Å². The lowest BCUT2D eigenvalue weighted by molar-refractivity contribution is 0.0577. The molecule has 44 heavy (non-hydrogen) atoms. The van der Waals surface area contributed by atoms with E-state index in [1.807, 2.05) is 37.3 Å². The molecule has 3 heterocycles. The summed E-state index contributed by atoms with van der Waals surface area (Å²) in [5, 5.41) is 20.4. The van der Waals surface area contributed by atoms with E-state index in [1.54, 1.807) is 43.3 Å². The molecule has 5 rings (SSSR count). The lowest BCUT2D eigenvalue weighted by Gasteiger charge is -2.32. The fourth-order valence-corrected chi connectivity index (χ4v) is 4.94. The highest BCUT2D eigenvalue weighted by atomic mass is 16.3. The molecule has 10 nitrogen and oxygen atoms in total. The Hall–Kier alpha value is -4.56. The van der Waals surface area contributed by atoms with Crippen LogP contribution in [0, 0.1) is 25.7 Å². The van der Waals surface area contributed by atoms with Crippen molar-refractivity contribution < 1.29 is 9.90 Å². The van der Waals surface area contributed by atoms with Gasteiger partial charge in [0.25, 0.3) is 5.91 Å². The summed E-state index contributed by atoms with van der Waals surface area (Å²) in [4.78, 5) is 26.7. The van der Waals surface area contributed by atoms with Gasteiger partial charge in [-0.2, -0.15) is 5.10 Å². The van der Waals surface area contributed by atoms with Crippen molar-refractivity contribution in [3.8, 4) is 11.8 Å². The van der Waals surface area contributed by atoms with Crippen LogP contribution in [-0.2, 0) is 13.1 Å². The van der Waals surface area contributed by atoms with Gasteiger partial charge in [-0.25, -0.2) is 9.97 Å². The van der Waals surface area contributed by atoms with Gasteiger partial charge < -0.3 is 20.6 Å². The van der Waals surface area contributed by atoms with E-state index in [1.165, 1.54) is 11.1 Å². The second kappa shape index (κ2) is 13.4. The zero-order valence-corrected chi connectivity index (χ0v) is 26.1. The Morgan fingerprint density at radius 2 is 1.70 bits per heavy atom. The molecule has 10 heteroatoms. The summed E-state index contributed by atoms with van der Waals surface area (Å²) in [6.07, 6.45) is 6.73.